The van der Waals surface area contributed by atoms with Gasteiger partial charge in [-0.05, 0) is 74.3 Å². The van der Waals surface area contributed by atoms with Gasteiger partial charge in [0, 0.05) is 27.1 Å². The van der Waals surface area contributed by atoms with Crippen molar-refractivity contribution in [1.29, 1.82) is 0 Å². The predicted molar refractivity (Wildman–Crippen MR) is 205 cm³/mol. The largest absolute Gasteiger partial charge is 0.248 e. The van der Waals surface area contributed by atoms with Gasteiger partial charge >= 0.3 is 0 Å². The molecule has 2 aliphatic heterocycles. The van der Waals surface area contributed by atoms with Crippen LogP contribution in [0.2, 0.25) is 0 Å². The van der Waals surface area contributed by atoms with Crippen molar-refractivity contribution < 1.29 is 0 Å². The molecule has 0 amide bonds. The molecule has 50 heavy (non-hydrogen) atoms. The van der Waals surface area contributed by atoms with Gasteiger partial charge in [-0.2, -0.15) is 0 Å². The minimum atomic E-state index is 0.966. The molecule has 0 bridgehead atoms. The van der Waals surface area contributed by atoms with E-state index < -0.39 is 0 Å². The maximum Gasteiger partial charge on any atom is 0.0817 e. The average Bonchev–Trinajstić information content (AvgIpc) is 3.77. The van der Waals surface area contributed by atoms with Gasteiger partial charge in [0.15, 0.2) is 0 Å². The number of hydrogen-bond donors (Lipinski definition) is 0. The van der Waals surface area contributed by atoms with E-state index in [1.807, 2.05) is 0 Å². The van der Waals surface area contributed by atoms with Crippen molar-refractivity contribution in [3.63, 3.8) is 0 Å². The van der Waals surface area contributed by atoms with Gasteiger partial charge in [-0.15, -0.1) is 0 Å². The third kappa shape index (κ3) is 4.43. The quantitative estimate of drug-likeness (QED) is 0.180. The molecule has 0 radical (unpaired) electrons. The molecule has 0 saturated carbocycles. The van der Waals surface area contributed by atoms with E-state index in [-0.39, 0.29) is 0 Å². The molecule has 0 N–H and O–H groups in total. The average molecular weight is 635 g/mol. The Hall–Kier alpha value is -6.64. The van der Waals surface area contributed by atoms with Gasteiger partial charge in [-0.3, -0.25) is 0 Å². The number of nitrogens with zero attached hydrogens (tertiary/aromatic N) is 2. The second-order valence-electron chi connectivity index (χ2n) is 12.8. The third-order valence-electron chi connectivity index (χ3n) is 10.1. The van der Waals surface area contributed by atoms with Gasteiger partial charge in [0.05, 0.1) is 22.1 Å². The van der Waals surface area contributed by atoms with E-state index in [0.29, 0.717) is 0 Å². The van der Waals surface area contributed by atoms with Crippen LogP contribution in [-0.2, 0) is 0 Å². The van der Waals surface area contributed by atoms with Crippen molar-refractivity contribution in [3.8, 4) is 66.8 Å². The fourth-order valence-corrected chi connectivity index (χ4v) is 7.86. The summed E-state index contributed by atoms with van der Waals surface area (Å²) < 4.78 is 0. The summed E-state index contributed by atoms with van der Waals surface area (Å²) in [5.74, 6) is 0. The second kappa shape index (κ2) is 11.5. The molecule has 2 nitrogen and oxygen atoms in total. The van der Waals surface area contributed by atoms with Crippen LogP contribution in [0, 0.1) is 10.4 Å². The Morgan fingerprint density at radius 3 is 1.46 bits per heavy atom. The molecular formula is C48H30N2. The first kappa shape index (κ1) is 28.4. The van der Waals surface area contributed by atoms with Crippen molar-refractivity contribution in [2.75, 3.05) is 0 Å². The van der Waals surface area contributed by atoms with E-state index in [9.17, 15) is 0 Å². The second-order valence-corrected chi connectivity index (χ2v) is 12.8. The smallest absolute Gasteiger partial charge is 0.0817 e. The number of hydrogen-bond acceptors (Lipinski definition) is 2. The van der Waals surface area contributed by atoms with Gasteiger partial charge < -0.3 is 0 Å². The summed E-state index contributed by atoms with van der Waals surface area (Å²) in [5, 5.41) is 4.31. The summed E-state index contributed by atoms with van der Waals surface area (Å²) in [4.78, 5) is 10.5. The minimum Gasteiger partial charge on any atom is -0.248 e. The van der Waals surface area contributed by atoms with Crippen LogP contribution in [0.5, 0.6) is 0 Å². The molecule has 10 rings (SSSR count). The third-order valence-corrected chi connectivity index (χ3v) is 10.1. The number of rotatable bonds is 5. The monoisotopic (exact) mass is 634 g/mol. The highest BCUT2D eigenvalue weighted by molar-refractivity contribution is 6.08. The van der Waals surface area contributed by atoms with Crippen molar-refractivity contribution in [1.82, 2.24) is 0 Å². The first-order valence-corrected chi connectivity index (χ1v) is 17.1. The lowest BCUT2D eigenvalue weighted by atomic mass is 9.81. The Balaban J connectivity index is 1.31. The van der Waals surface area contributed by atoms with Crippen LogP contribution >= 0.6 is 0 Å². The Bertz CT molecular complexity index is 2860. The highest BCUT2D eigenvalue weighted by Gasteiger charge is 2.28. The Morgan fingerprint density at radius 2 is 0.780 bits per heavy atom. The van der Waals surface area contributed by atoms with Gasteiger partial charge in [0.25, 0.3) is 0 Å². The fourth-order valence-electron chi connectivity index (χ4n) is 7.86. The van der Waals surface area contributed by atoms with Crippen LogP contribution in [0.25, 0.3) is 66.8 Å². The summed E-state index contributed by atoms with van der Waals surface area (Å²) >= 11 is 0. The summed E-state index contributed by atoms with van der Waals surface area (Å²) in [6.07, 6.45) is 0. The topological polar surface area (TPSA) is 24.7 Å². The zero-order valence-corrected chi connectivity index (χ0v) is 27.2. The Morgan fingerprint density at radius 1 is 0.260 bits per heavy atom. The van der Waals surface area contributed by atoms with Crippen molar-refractivity contribution in [3.05, 3.63) is 203 Å². The zero-order valence-electron chi connectivity index (χ0n) is 27.2. The van der Waals surface area contributed by atoms with Crippen molar-refractivity contribution >= 4 is 11.4 Å². The molecule has 0 spiro atoms. The van der Waals surface area contributed by atoms with E-state index in [1.165, 1.54) is 60.9 Å². The standard InChI is InChI=1S/C48H30N2/c1-3-15-31(16-4-1)33-19-7-9-21-35(33)36-22-10-11-23-37(36)40-27-29-43-46(45(40)39-25-12-8-20-34(39)32-17-5-2-6-18-32)47-44(49-43)30-28-41-38-24-13-14-26-42(38)50-48(41)47/h1-30H. The van der Waals surface area contributed by atoms with Gasteiger partial charge in [-0.1, -0.05) is 158 Å². The molecule has 0 saturated heterocycles. The first-order chi connectivity index (χ1) is 24.8. The van der Waals surface area contributed by atoms with Crippen LogP contribution in [0.15, 0.2) is 192 Å². The Labute approximate surface area is 290 Å². The van der Waals surface area contributed by atoms with E-state index in [0.717, 1.165) is 38.4 Å². The molecule has 0 aromatic heterocycles. The molecule has 8 aromatic carbocycles. The summed E-state index contributed by atoms with van der Waals surface area (Å²) in [6.45, 7) is 0. The number of benzene rings is 8. The Kier molecular flexibility index (Phi) is 6.53. The molecular weight excluding hydrogens is 605 g/mol. The molecule has 232 valence electrons. The SMILES string of the molecule is c1ccc(-c2ccccc2-c2ccccc2-c2ccc3c(c2-c2ccccc2-c2ccccc2)-c2c4c(ccc2=N3)=c2ccccc2=N4)cc1. The normalized spacial score (nSPS) is 11.9. The molecule has 0 atom stereocenters. The van der Waals surface area contributed by atoms with E-state index >= 15 is 0 Å². The van der Waals surface area contributed by atoms with Gasteiger partial charge in [-0.25, -0.2) is 9.98 Å². The maximum atomic E-state index is 5.25. The summed E-state index contributed by atoms with van der Waals surface area (Å²) in [7, 11) is 0. The molecule has 2 aliphatic rings. The summed E-state index contributed by atoms with van der Waals surface area (Å²) in [5.41, 5.74) is 16.1. The predicted octanol–water partition coefficient (Wildman–Crippen LogP) is 11.5. The van der Waals surface area contributed by atoms with E-state index in [4.69, 9.17) is 9.98 Å². The number of para-hydroxylation sites is 1. The van der Waals surface area contributed by atoms with Crippen LogP contribution in [-0.4, -0.2) is 0 Å². The van der Waals surface area contributed by atoms with Crippen LogP contribution < -0.4 is 10.7 Å². The fraction of sp³-hybridized carbons (Fsp3) is 0. The van der Waals surface area contributed by atoms with E-state index in [1.54, 1.807) is 0 Å². The van der Waals surface area contributed by atoms with Crippen molar-refractivity contribution in [2.45, 2.75) is 0 Å². The lowest BCUT2D eigenvalue weighted by molar-refractivity contribution is 1.36. The number of fused-ring (bicyclic) bond motifs is 6. The molecule has 0 aliphatic carbocycles. The molecule has 0 unspecified atom stereocenters. The van der Waals surface area contributed by atoms with E-state index in [2.05, 4.69) is 182 Å². The minimum absolute atomic E-state index is 0.966. The molecule has 2 heterocycles. The highest BCUT2D eigenvalue weighted by Crippen LogP contribution is 2.52. The molecule has 8 aromatic rings. The maximum absolute atomic E-state index is 5.25. The van der Waals surface area contributed by atoms with Crippen molar-refractivity contribution in [2.24, 2.45) is 9.98 Å². The first-order valence-electron chi connectivity index (χ1n) is 17.1. The van der Waals surface area contributed by atoms with Gasteiger partial charge in [0.2, 0.25) is 0 Å². The lowest BCUT2D eigenvalue weighted by Gasteiger charge is -2.21. The van der Waals surface area contributed by atoms with Crippen LogP contribution in [0.4, 0.5) is 11.4 Å². The van der Waals surface area contributed by atoms with Crippen LogP contribution in [0.1, 0.15) is 0 Å². The lowest BCUT2D eigenvalue weighted by Crippen LogP contribution is -2.02. The molecule has 2 heteroatoms. The zero-order chi connectivity index (χ0) is 33.0. The van der Waals surface area contributed by atoms with Crippen LogP contribution in [0.3, 0.4) is 0 Å². The molecule has 0 fully saturated rings. The van der Waals surface area contributed by atoms with Gasteiger partial charge in [0.1, 0.15) is 0 Å². The highest BCUT2D eigenvalue weighted by atomic mass is 14.8. The summed E-state index contributed by atoms with van der Waals surface area (Å²) in [6, 6.07) is 65.1.